The highest BCUT2D eigenvalue weighted by atomic mass is 32.2. The van der Waals surface area contributed by atoms with E-state index in [2.05, 4.69) is 16.9 Å². The summed E-state index contributed by atoms with van der Waals surface area (Å²) in [5, 5.41) is 0. The van der Waals surface area contributed by atoms with Gasteiger partial charge in [0, 0.05) is 32.6 Å². The molecule has 1 saturated carbocycles. The smallest absolute Gasteiger partial charge is 0.410 e. The van der Waals surface area contributed by atoms with E-state index in [4.69, 9.17) is 14.2 Å². The summed E-state index contributed by atoms with van der Waals surface area (Å²) in [6.07, 6.45) is 4.62. The number of amides is 1. The molecule has 1 amide bonds. The molecule has 2 fully saturated rings. The normalized spacial score (nSPS) is 31.0. The Morgan fingerprint density at radius 3 is 2.56 bits per heavy atom. The number of nitrogens with one attached hydrogen (secondary N) is 1. The van der Waals surface area contributed by atoms with Crippen LogP contribution >= 0.6 is 0 Å². The summed E-state index contributed by atoms with van der Waals surface area (Å²) in [6, 6.07) is 7.22. The van der Waals surface area contributed by atoms with E-state index in [1.165, 1.54) is 19.7 Å². The van der Waals surface area contributed by atoms with Crippen LogP contribution < -0.4 is 9.46 Å². The first-order chi connectivity index (χ1) is 16.2. The Morgan fingerprint density at radius 1 is 1.09 bits per heavy atom. The molecule has 4 aliphatic rings. The fourth-order valence-corrected chi connectivity index (χ4v) is 6.08. The number of rotatable bonds is 3. The van der Waals surface area contributed by atoms with Crippen molar-refractivity contribution in [2.75, 3.05) is 33.9 Å². The molecular weight excluding hydrogens is 458 g/mol. The third-order valence-corrected chi connectivity index (χ3v) is 8.73. The van der Waals surface area contributed by atoms with Crippen molar-refractivity contribution in [1.29, 1.82) is 0 Å². The molecule has 1 aromatic rings. The summed E-state index contributed by atoms with van der Waals surface area (Å²) in [5.41, 5.74) is 1.29. The Hall–Kier alpha value is -1.88. The monoisotopic (exact) mass is 495 g/mol. The molecule has 190 valence electrons. The Kier molecular flexibility index (Phi) is 8.01. The van der Waals surface area contributed by atoms with Gasteiger partial charge in [0.15, 0.2) is 0 Å². The van der Waals surface area contributed by atoms with E-state index in [9.17, 15) is 13.2 Å². The van der Waals surface area contributed by atoms with Gasteiger partial charge in [-0.2, -0.15) is 17.4 Å². The van der Waals surface area contributed by atoms with Gasteiger partial charge >= 0.3 is 6.09 Å². The SMILES string of the molecule is CC1CC(NS(=O)(=O)N(C)C)C2COC3CCC(CC3)c3cccc(c3)OCCCOC(=O)N12. The summed E-state index contributed by atoms with van der Waals surface area (Å²) < 4.78 is 46.8. The molecule has 0 radical (unpaired) electrons. The zero-order chi connectivity index (χ0) is 24.3. The average Bonchev–Trinajstić information content (AvgIpc) is 3.11. The number of ether oxygens (including phenoxy) is 3. The van der Waals surface area contributed by atoms with Crippen molar-refractivity contribution >= 4 is 16.3 Å². The van der Waals surface area contributed by atoms with Gasteiger partial charge < -0.3 is 14.2 Å². The first kappa shape index (κ1) is 25.2. The zero-order valence-corrected chi connectivity index (χ0v) is 21.1. The molecule has 1 N–H and O–H groups in total. The lowest BCUT2D eigenvalue weighted by atomic mass is 9.82. The predicted molar refractivity (Wildman–Crippen MR) is 128 cm³/mol. The van der Waals surface area contributed by atoms with Gasteiger partial charge in [-0.25, -0.2) is 4.79 Å². The second kappa shape index (κ2) is 10.8. The summed E-state index contributed by atoms with van der Waals surface area (Å²) >= 11 is 0. The summed E-state index contributed by atoms with van der Waals surface area (Å²) in [7, 11) is -0.678. The second-order valence-electron chi connectivity index (χ2n) is 9.77. The number of carbonyl (C=O) groups is 1. The Labute approximate surface area is 202 Å². The molecule has 3 heterocycles. The van der Waals surface area contributed by atoms with Crippen molar-refractivity contribution in [2.45, 2.75) is 75.6 Å². The van der Waals surface area contributed by atoms with E-state index in [0.717, 1.165) is 35.7 Å². The van der Waals surface area contributed by atoms with E-state index in [1.807, 2.05) is 19.1 Å². The van der Waals surface area contributed by atoms with Crippen molar-refractivity contribution in [2.24, 2.45) is 0 Å². The van der Waals surface area contributed by atoms with Gasteiger partial charge in [0.05, 0.1) is 32.0 Å². The van der Waals surface area contributed by atoms with Gasteiger partial charge in [0.2, 0.25) is 0 Å². The van der Waals surface area contributed by atoms with Crippen molar-refractivity contribution in [3.8, 4) is 5.75 Å². The molecule has 5 rings (SSSR count). The number of hydrogen-bond acceptors (Lipinski definition) is 6. The minimum Gasteiger partial charge on any atom is -0.493 e. The van der Waals surface area contributed by atoms with Gasteiger partial charge in [-0.1, -0.05) is 12.1 Å². The maximum absolute atomic E-state index is 13.0. The number of nitrogens with zero attached hydrogens (tertiary/aromatic N) is 2. The van der Waals surface area contributed by atoms with Gasteiger partial charge in [-0.05, 0) is 62.6 Å². The van der Waals surface area contributed by atoms with Crippen LogP contribution in [0.25, 0.3) is 0 Å². The number of hydrogen-bond donors (Lipinski definition) is 1. The van der Waals surface area contributed by atoms with E-state index in [0.29, 0.717) is 25.4 Å². The highest BCUT2D eigenvalue weighted by Crippen LogP contribution is 2.36. The third kappa shape index (κ3) is 5.84. The minimum absolute atomic E-state index is 0.0891. The van der Waals surface area contributed by atoms with Gasteiger partial charge in [0.25, 0.3) is 10.2 Å². The van der Waals surface area contributed by atoms with E-state index >= 15 is 0 Å². The lowest BCUT2D eigenvalue weighted by Crippen LogP contribution is -2.52. The molecule has 1 aliphatic carbocycles. The van der Waals surface area contributed by atoms with Gasteiger partial charge in [-0.3, -0.25) is 4.90 Å². The fraction of sp³-hybridized carbons (Fsp3) is 0.708. The lowest BCUT2D eigenvalue weighted by molar-refractivity contribution is -0.0106. The van der Waals surface area contributed by atoms with Crippen LogP contribution in [0, 0.1) is 0 Å². The maximum Gasteiger partial charge on any atom is 0.410 e. The van der Waals surface area contributed by atoms with Crippen LogP contribution in [0.4, 0.5) is 4.79 Å². The molecule has 1 saturated heterocycles. The Balaban J connectivity index is 1.52. The van der Waals surface area contributed by atoms with Crippen LogP contribution in [0.2, 0.25) is 0 Å². The highest BCUT2D eigenvalue weighted by Gasteiger charge is 2.45. The predicted octanol–water partition coefficient (Wildman–Crippen LogP) is 2.88. The third-order valence-electron chi connectivity index (χ3n) is 7.17. The first-order valence-corrected chi connectivity index (χ1v) is 13.7. The topological polar surface area (TPSA) is 97.4 Å². The zero-order valence-electron chi connectivity index (χ0n) is 20.3. The summed E-state index contributed by atoms with van der Waals surface area (Å²) in [5.74, 6) is 1.32. The molecule has 4 bridgehead atoms. The van der Waals surface area contributed by atoms with E-state index in [1.54, 1.807) is 4.90 Å². The van der Waals surface area contributed by atoms with Crippen LogP contribution in [-0.4, -0.2) is 81.9 Å². The fourth-order valence-electron chi connectivity index (χ4n) is 5.23. The van der Waals surface area contributed by atoms with Gasteiger partial charge in [-0.15, -0.1) is 0 Å². The molecule has 0 spiro atoms. The first-order valence-electron chi connectivity index (χ1n) is 12.2. The Morgan fingerprint density at radius 2 is 1.82 bits per heavy atom. The molecule has 34 heavy (non-hydrogen) atoms. The number of benzene rings is 1. The van der Waals surface area contributed by atoms with E-state index in [-0.39, 0.29) is 25.4 Å². The molecule has 3 atom stereocenters. The molecule has 10 heteroatoms. The highest BCUT2D eigenvalue weighted by molar-refractivity contribution is 7.87. The molecule has 3 aliphatic heterocycles. The second-order valence-corrected chi connectivity index (χ2v) is 11.7. The lowest BCUT2D eigenvalue weighted by Gasteiger charge is -2.33. The van der Waals surface area contributed by atoms with Crippen LogP contribution in [0.1, 0.15) is 56.9 Å². The Bertz CT molecular complexity index is 948. The molecule has 0 aromatic heterocycles. The van der Waals surface area contributed by atoms with Crippen LogP contribution in [0.3, 0.4) is 0 Å². The van der Waals surface area contributed by atoms with Crippen molar-refractivity contribution in [3.05, 3.63) is 29.8 Å². The van der Waals surface area contributed by atoms with Crippen molar-refractivity contribution in [3.63, 3.8) is 0 Å². The van der Waals surface area contributed by atoms with Crippen LogP contribution in [0.5, 0.6) is 5.75 Å². The largest absolute Gasteiger partial charge is 0.493 e. The molecule has 9 nitrogen and oxygen atoms in total. The molecule has 1 aromatic carbocycles. The summed E-state index contributed by atoms with van der Waals surface area (Å²) in [6.45, 7) is 2.88. The molecular formula is C24H37N3O6S. The number of carbonyl (C=O) groups excluding carboxylic acids is 1. The quantitative estimate of drug-likeness (QED) is 0.693. The van der Waals surface area contributed by atoms with Crippen LogP contribution in [-0.2, 0) is 19.7 Å². The minimum atomic E-state index is -3.65. The molecule has 3 unspecified atom stereocenters. The average molecular weight is 496 g/mol. The standard InChI is InChI=1S/C24H37N3O6S/c1-17-14-22(25-34(29,30)26(2)3)23-16-33-20-10-8-18(9-11-20)19-6-4-7-21(15-19)31-12-5-13-32-24(28)27(17)23/h4,6-7,15,17-18,20,22-23,25H,5,8-14,16H2,1-3H3. The van der Waals surface area contributed by atoms with Gasteiger partial charge in [0.1, 0.15) is 5.75 Å². The summed E-state index contributed by atoms with van der Waals surface area (Å²) in [4.78, 5) is 14.7. The maximum atomic E-state index is 13.0. The van der Waals surface area contributed by atoms with Crippen molar-refractivity contribution < 1.29 is 27.4 Å². The van der Waals surface area contributed by atoms with Crippen LogP contribution in [0.15, 0.2) is 24.3 Å². The number of fused-ring (bicyclic) bond motifs is 8. The van der Waals surface area contributed by atoms with Crippen molar-refractivity contribution in [1.82, 2.24) is 13.9 Å². The van der Waals surface area contributed by atoms with E-state index < -0.39 is 28.4 Å².